The van der Waals surface area contributed by atoms with E-state index in [1.807, 2.05) is 0 Å². The number of nitrogens with two attached hydrogens (primary N) is 1. The molecule has 1 saturated carbocycles. The third kappa shape index (κ3) is 2.67. The second-order valence-electron chi connectivity index (χ2n) is 4.49. The Morgan fingerprint density at radius 2 is 2.11 bits per heavy atom. The number of primary sulfonamides is 1. The van der Waals surface area contributed by atoms with Crippen LogP contribution in [0, 0.1) is 16.0 Å². The molecule has 2 N–H and O–H groups in total. The molecule has 100 valence electrons. The number of aromatic nitrogens is 2. The van der Waals surface area contributed by atoms with Gasteiger partial charge in [-0.15, -0.1) is 0 Å². The van der Waals surface area contributed by atoms with Crippen LogP contribution in [-0.4, -0.2) is 23.1 Å². The van der Waals surface area contributed by atoms with Crippen LogP contribution >= 0.6 is 0 Å². The number of hydrogen-bond acceptors (Lipinski definition) is 5. The van der Waals surface area contributed by atoms with Crippen molar-refractivity contribution in [3.8, 4) is 0 Å². The fourth-order valence-corrected chi connectivity index (χ4v) is 2.91. The maximum atomic E-state index is 11.2. The number of nitro groups is 1. The highest BCUT2D eigenvalue weighted by atomic mass is 32.2. The smallest absolute Gasteiger partial charge is 0.358 e. The van der Waals surface area contributed by atoms with E-state index in [2.05, 4.69) is 5.10 Å². The van der Waals surface area contributed by atoms with E-state index in [0.29, 0.717) is 12.5 Å². The van der Waals surface area contributed by atoms with Gasteiger partial charge in [-0.05, 0) is 23.7 Å². The van der Waals surface area contributed by atoms with Crippen molar-refractivity contribution in [1.29, 1.82) is 0 Å². The lowest BCUT2D eigenvalue weighted by atomic mass is 10.1. The molecule has 2 rings (SSSR count). The van der Waals surface area contributed by atoms with Crippen LogP contribution in [0.1, 0.15) is 25.7 Å². The summed E-state index contributed by atoms with van der Waals surface area (Å²) in [6.07, 6.45) is 5.49. The Balaban J connectivity index is 2.30. The molecule has 0 bridgehead atoms. The number of hydrogen-bond donors (Lipinski definition) is 1. The molecule has 9 heteroatoms. The van der Waals surface area contributed by atoms with E-state index >= 15 is 0 Å². The van der Waals surface area contributed by atoms with Gasteiger partial charge in [-0.2, -0.15) is 4.68 Å². The number of nitrogens with zero attached hydrogens (tertiary/aromatic N) is 3. The second kappa shape index (κ2) is 4.65. The van der Waals surface area contributed by atoms with Crippen molar-refractivity contribution in [3.05, 3.63) is 16.3 Å². The molecular formula is C9H14N4O4S. The van der Waals surface area contributed by atoms with Gasteiger partial charge in [0.1, 0.15) is 0 Å². The molecule has 0 saturated heterocycles. The third-order valence-corrected chi connectivity index (χ3v) is 4.01. The maximum Gasteiger partial charge on any atom is 0.410 e. The molecule has 0 radical (unpaired) electrons. The summed E-state index contributed by atoms with van der Waals surface area (Å²) in [5.41, 5.74) is 0. The molecule has 0 aliphatic heterocycles. The van der Waals surface area contributed by atoms with Gasteiger partial charge in [0.25, 0.3) is 0 Å². The average Bonchev–Trinajstić information content (AvgIpc) is 2.85. The van der Waals surface area contributed by atoms with Gasteiger partial charge < -0.3 is 10.1 Å². The Morgan fingerprint density at radius 3 is 2.56 bits per heavy atom. The highest BCUT2D eigenvalue weighted by Crippen LogP contribution is 2.27. The summed E-state index contributed by atoms with van der Waals surface area (Å²) in [4.78, 5) is 9.38. The van der Waals surface area contributed by atoms with Crippen molar-refractivity contribution in [1.82, 2.24) is 9.78 Å². The molecule has 1 fully saturated rings. The third-order valence-electron chi connectivity index (χ3n) is 3.11. The van der Waals surface area contributed by atoms with Gasteiger partial charge in [-0.3, -0.25) is 0 Å². The molecule has 1 aliphatic rings. The quantitative estimate of drug-likeness (QED) is 0.637. The number of sulfonamides is 1. The number of rotatable bonds is 4. The molecule has 1 aliphatic carbocycles. The zero-order valence-corrected chi connectivity index (χ0v) is 10.5. The lowest BCUT2D eigenvalue weighted by Gasteiger charge is -2.04. The van der Waals surface area contributed by atoms with Crippen LogP contribution in [0.15, 0.2) is 11.1 Å². The summed E-state index contributed by atoms with van der Waals surface area (Å²) in [5, 5.41) is 19.4. The molecule has 0 atom stereocenters. The van der Waals surface area contributed by atoms with Gasteiger partial charge in [0, 0.05) is 0 Å². The van der Waals surface area contributed by atoms with E-state index in [4.69, 9.17) is 5.14 Å². The van der Waals surface area contributed by atoms with Crippen LogP contribution in [0.25, 0.3) is 0 Å². The van der Waals surface area contributed by atoms with Crippen LogP contribution in [-0.2, 0) is 16.6 Å². The Labute approximate surface area is 104 Å². The lowest BCUT2D eigenvalue weighted by molar-refractivity contribution is -0.392. The average molecular weight is 274 g/mol. The van der Waals surface area contributed by atoms with Crippen LogP contribution < -0.4 is 5.14 Å². The van der Waals surface area contributed by atoms with Crippen molar-refractivity contribution < 1.29 is 13.3 Å². The Kier molecular flexibility index (Phi) is 3.35. The minimum atomic E-state index is -4.12. The first-order valence-electron chi connectivity index (χ1n) is 5.62. The van der Waals surface area contributed by atoms with Crippen molar-refractivity contribution in [2.45, 2.75) is 37.1 Å². The molecule has 1 heterocycles. The normalized spacial score (nSPS) is 17.2. The molecule has 0 unspecified atom stereocenters. The molecule has 8 nitrogen and oxygen atoms in total. The van der Waals surface area contributed by atoms with Gasteiger partial charge >= 0.3 is 5.82 Å². The first-order valence-corrected chi connectivity index (χ1v) is 7.17. The molecule has 0 spiro atoms. The summed E-state index contributed by atoms with van der Waals surface area (Å²) in [6.45, 7) is 0.496. The summed E-state index contributed by atoms with van der Waals surface area (Å²) in [7, 11) is -4.12. The van der Waals surface area contributed by atoms with Crippen LogP contribution in [0.2, 0.25) is 0 Å². The summed E-state index contributed by atoms with van der Waals surface area (Å²) in [6, 6.07) is 0. The van der Waals surface area contributed by atoms with E-state index in [9.17, 15) is 18.5 Å². The summed E-state index contributed by atoms with van der Waals surface area (Å²) >= 11 is 0. The van der Waals surface area contributed by atoms with Crippen molar-refractivity contribution >= 4 is 15.8 Å². The summed E-state index contributed by atoms with van der Waals surface area (Å²) < 4.78 is 23.8. The molecule has 1 aromatic heterocycles. The van der Waals surface area contributed by atoms with E-state index in [0.717, 1.165) is 31.9 Å². The fraction of sp³-hybridized carbons (Fsp3) is 0.667. The molecule has 18 heavy (non-hydrogen) atoms. The van der Waals surface area contributed by atoms with Gasteiger partial charge in [0.2, 0.25) is 14.9 Å². The molecule has 0 aromatic carbocycles. The second-order valence-corrected chi connectivity index (χ2v) is 6.02. The van der Waals surface area contributed by atoms with E-state index in [-0.39, 0.29) is 0 Å². The van der Waals surface area contributed by atoms with E-state index in [1.165, 1.54) is 4.68 Å². The van der Waals surface area contributed by atoms with Crippen LogP contribution in [0.4, 0.5) is 5.82 Å². The molecular weight excluding hydrogens is 260 g/mol. The minimum Gasteiger partial charge on any atom is -0.358 e. The van der Waals surface area contributed by atoms with Crippen molar-refractivity contribution in [2.75, 3.05) is 0 Å². The van der Waals surface area contributed by atoms with Crippen molar-refractivity contribution in [3.63, 3.8) is 0 Å². The first kappa shape index (κ1) is 13.0. The Bertz CT molecular complexity index is 559. The predicted octanol–water partition coefficient (Wildman–Crippen LogP) is 0.629. The van der Waals surface area contributed by atoms with E-state index < -0.39 is 25.7 Å². The lowest BCUT2D eigenvalue weighted by Crippen LogP contribution is -2.13. The molecule has 0 amide bonds. The molecule has 1 aromatic rings. The maximum absolute atomic E-state index is 11.2. The standard InChI is InChI=1S/C9H14N4O4S/c10-18(16,17)8-6-12(11-9(8)13(14)15)5-7-3-1-2-4-7/h6-7H,1-5H2,(H2,10,16,17). The Hall–Kier alpha value is -1.48. The van der Waals surface area contributed by atoms with Crippen LogP contribution in [0.5, 0.6) is 0 Å². The van der Waals surface area contributed by atoms with Gasteiger partial charge in [0.15, 0.2) is 0 Å². The SMILES string of the molecule is NS(=O)(=O)c1cn(CC2CCCC2)nc1[N+](=O)[O-]. The van der Waals surface area contributed by atoms with Gasteiger partial charge in [0.05, 0.1) is 17.8 Å². The largest absolute Gasteiger partial charge is 0.410 e. The first-order chi connectivity index (χ1) is 8.38. The highest BCUT2D eigenvalue weighted by Gasteiger charge is 2.29. The predicted molar refractivity (Wildman–Crippen MR) is 62.2 cm³/mol. The van der Waals surface area contributed by atoms with Gasteiger partial charge in [-0.25, -0.2) is 13.6 Å². The topological polar surface area (TPSA) is 121 Å². The minimum absolute atomic E-state index is 0.401. The monoisotopic (exact) mass is 274 g/mol. The zero-order chi connectivity index (χ0) is 13.3. The highest BCUT2D eigenvalue weighted by molar-refractivity contribution is 7.89. The van der Waals surface area contributed by atoms with Crippen molar-refractivity contribution in [2.24, 2.45) is 11.1 Å². The van der Waals surface area contributed by atoms with E-state index in [1.54, 1.807) is 0 Å². The zero-order valence-electron chi connectivity index (χ0n) is 9.65. The van der Waals surface area contributed by atoms with Crippen LogP contribution in [0.3, 0.4) is 0 Å². The summed E-state index contributed by atoms with van der Waals surface area (Å²) in [5.74, 6) is -0.298. The Morgan fingerprint density at radius 1 is 1.50 bits per heavy atom. The fourth-order valence-electron chi connectivity index (χ4n) is 2.27. The van der Waals surface area contributed by atoms with Gasteiger partial charge in [-0.1, -0.05) is 12.8 Å².